The fourth-order valence-electron chi connectivity index (χ4n) is 4.28. The lowest BCUT2D eigenvalue weighted by molar-refractivity contribution is -0.136. The third kappa shape index (κ3) is 5.42. The summed E-state index contributed by atoms with van der Waals surface area (Å²) in [6.07, 6.45) is 0. The van der Waals surface area contributed by atoms with Crippen LogP contribution in [0.1, 0.15) is 15.9 Å². The van der Waals surface area contributed by atoms with Crippen LogP contribution in [0, 0.1) is 0 Å². The summed E-state index contributed by atoms with van der Waals surface area (Å²) in [6.45, 7) is 2.74. The molecule has 36 heavy (non-hydrogen) atoms. The molecule has 2 aromatic carbocycles. The molecule has 0 saturated carbocycles. The maximum absolute atomic E-state index is 13.1. The van der Waals surface area contributed by atoms with E-state index in [0.29, 0.717) is 43.4 Å². The number of amides is 2. The first kappa shape index (κ1) is 25.4. The van der Waals surface area contributed by atoms with Gasteiger partial charge in [0.15, 0.2) is 23.0 Å². The molecule has 0 aliphatic carbocycles. The van der Waals surface area contributed by atoms with E-state index in [-0.39, 0.29) is 18.3 Å². The topological polar surface area (TPSA) is 119 Å². The fraction of sp³-hybridized carbons (Fsp3) is 0.440. The third-order valence-corrected chi connectivity index (χ3v) is 6.24. The molecule has 1 unspecified atom stereocenters. The highest BCUT2D eigenvalue weighted by molar-refractivity contribution is 5.98. The van der Waals surface area contributed by atoms with Crippen LogP contribution in [0.3, 0.4) is 0 Å². The highest BCUT2D eigenvalue weighted by Crippen LogP contribution is 2.38. The van der Waals surface area contributed by atoms with E-state index in [1.165, 1.54) is 33.5 Å². The van der Waals surface area contributed by atoms with Crippen LogP contribution in [0.4, 0.5) is 0 Å². The summed E-state index contributed by atoms with van der Waals surface area (Å²) < 4.78 is 26.7. The van der Waals surface area contributed by atoms with Gasteiger partial charge < -0.3 is 39.0 Å². The number of aliphatic hydroxyl groups excluding tert-OH is 1. The van der Waals surface area contributed by atoms with E-state index in [2.05, 4.69) is 10.2 Å². The average Bonchev–Trinajstić information content (AvgIpc) is 3.38. The predicted octanol–water partition coefficient (Wildman–Crippen LogP) is 0.876. The van der Waals surface area contributed by atoms with Crippen molar-refractivity contribution in [2.24, 2.45) is 0 Å². The van der Waals surface area contributed by atoms with Crippen LogP contribution < -0.4 is 29.0 Å². The van der Waals surface area contributed by atoms with E-state index in [9.17, 15) is 14.7 Å². The van der Waals surface area contributed by atoms with Crippen molar-refractivity contribution in [1.29, 1.82) is 0 Å². The van der Waals surface area contributed by atoms with Crippen molar-refractivity contribution in [3.05, 3.63) is 41.5 Å². The number of carbonyl (C=O) groups excluding carboxylic acids is 2. The molecule has 0 aromatic heterocycles. The summed E-state index contributed by atoms with van der Waals surface area (Å²) in [4.78, 5) is 29.9. The van der Waals surface area contributed by atoms with Crippen molar-refractivity contribution in [1.82, 2.24) is 15.1 Å². The van der Waals surface area contributed by atoms with E-state index in [0.717, 1.165) is 23.6 Å². The highest BCUT2D eigenvalue weighted by atomic mass is 16.7. The molecule has 0 bridgehead atoms. The molecule has 1 saturated heterocycles. The standard InChI is InChI=1S/C25H31N3O8/c1-32-21-11-17(12-22(33-2)23(21)34-3)24(30)26-18(14-29)25(31)28-8-6-27(7-9-28)13-16-4-5-19-20(10-16)36-15-35-19/h4-5,10-12,18,29H,6-9,13-15H2,1-3H3,(H,26,30). The zero-order chi connectivity index (χ0) is 25.7. The zero-order valence-electron chi connectivity index (χ0n) is 20.6. The second-order valence-corrected chi connectivity index (χ2v) is 8.41. The first-order valence-corrected chi connectivity index (χ1v) is 11.6. The summed E-state index contributed by atoms with van der Waals surface area (Å²) in [5, 5.41) is 12.5. The minimum absolute atomic E-state index is 0.212. The Hall–Kier alpha value is -3.70. The van der Waals surface area contributed by atoms with Gasteiger partial charge in [-0.15, -0.1) is 0 Å². The number of rotatable bonds is 9. The van der Waals surface area contributed by atoms with Crippen LogP contribution in [0.2, 0.25) is 0 Å². The quantitative estimate of drug-likeness (QED) is 0.516. The lowest BCUT2D eigenvalue weighted by Gasteiger charge is -2.36. The maximum Gasteiger partial charge on any atom is 0.252 e. The molecule has 2 aromatic rings. The van der Waals surface area contributed by atoms with Crippen molar-refractivity contribution in [3.63, 3.8) is 0 Å². The Morgan fingerprint density at radius 3 is 2.25 bits per heavy atom. The van der Waals surface area contributed by atoms with Gasteiger partial charge in [0.25, 0.3) is 5.91 Å². The van der Waals surface area contributed by atoms with Crippen LogP contribution in [0.5, 0.6) is 28.7 Å². The lowest BCUT2D eigenvalue weighted by Crippen LogP contribution is -2.55. The van der Waals surface area contributed by atoms with Gasteiger partial charge in [-0.05, 0) is 29.8 Å². The van der Waals surface area contributed by atoms with Crippen molar-refractivity contribution < 1.29 is 38.4 Å². The molecule has 1 atom stereocenters. The fourth-order valence-corrected chi connectivity index (χ4v) is 4.28. The maximum atomic E-state index is 13.1. The molecule has 2 aliphatic rings. The first-order chi connectivity index (χ1) is 17.5. The van der Waals surface area contributed by atoms with Crippen LogP contribution in [-0.2, 0) is 11.3 Å². The summed E-state index contributed by atoms with van der Waals surface area (Å²) in [7, 11) is 4.37. The highest BCUT2D eigenvalue weighted by Gasteiger charge is 2.29. The van der Waals surface area contributed by atoms with Gasteiger partial charge in [-0.1, -0.05) is 6.07 Å². The third-order valence-electron chi connectivity index (χ3n) is 6.24. The predicted molar refractivity (Wildman–Crippen MR) is 129 cm³/mol. The Labute approximate surface area is 209 Å². The molecule has 2 amide bonds. The van der Waals surface area contributed by atoms with Gasteiger partial charge in [0, 0.05) is 38.3 Å². The van der Waals surface area contributed by atoms with Gasteiger partial charge in [0.05, 0.1) is 27.9 Å². The van der Waals surface area contributed by atoms with Gasteiger partial charge in [-0.3, -0.25) is 14.5 Å². The summed E-state index contributed by atoms with van der Waals surface area (Å²) in [5.74, 6) is 1.60. The van der Waals surface area contributed by atoms with Crippen LogP contribution in [0.25, 0.3) is 0 Å². The zero-order valence-corrected chi connectivity index (χ0v) is 20.6. The van der Waals surface area contributed by atoms with E-state index >= 15 is 0 Å². The Bertz CT molecular complexity index is 1080. The van der Waals surface area contributed by atoms with E-state index < -0.39 is 18.6 Å². The van der Waals surface area contributed by atoms with Gasteiger partial charge in [-0.2, -0.15) is 0 Å². The number of hydrogen-bond acceptors (Lipinski definition) is 9. The molecular formula is C25H31N3O8. The van der Waals surface area contributed by atoms with E-state index in [1.54, 1.807) is 4.90 Å². The lowest BCUT2D eigenvalue weighted by atomic mass is 10.1. The molecule has 1 fully saturated rings. The molecule has 2 N–H and O–H groups in total. The van der Waals surface area contributed by atoms with Crippen molar-refractivity contribution >= 4 is 11.8 Å². The summed E-state index contributed by atoms with van der Waals surface area (Å²) in [5.41, 5.74) is 1.31. The monoisotopic (exact) mass is 501 g/mol. The van der Waals surface area contributed by atoms with Gasteiger partial charge in [0.2, 0.25) is 18.4 Å². The summed E-state index contributed by atoms with van der Waals surface area (Å²) >= 11 is 0. The van der Waals surface area contributed by atoms with Crippen molar-refractivity contribution in [3.8, 4) is 28.7 Å². The minimum atomic E-state index is -1.07. The molecule has 11 nitrogen and oxygen atoms in total. The first-order valence-electron chi connectivity index (χ1n) is 11.6. The molecular weight excluding hydrogens is 470 g/mol. The molecule has 2 aliphatic heterocycles. The normalized spacial score (nSPS) is 15.8. The molecule has 2 heterocycles. The average molecular weight is 502 g/mol. The number of ether oxygens (including phenoxy) is 5. The number of piperazine rings is 1. The largest absolute Gasteiger partial charge is 0.493 e. The number of aliphatic hydroxyl groups is 1. The Kier molecular flexibility index (Phi) is 8.01. The van der Waals surface area contributed by atoms with E-state index in [1.807, 2.05) is 18.2 Å². The second kappa shape index (κ2) is 11.4. The van der Waals surface area contributed by atoms with Crippen LogP contribution in [-0.4, -0.2) is 93.7 Å². The minimum Gasteiger partial charge on any atom is -0.493 e. The van der Waals surface area contributed by atoms with Gasteiger partial charge in [0.1, 0.15) is 6.04 Å². The van der Waals surface area contributed by atoms with Crippen molar-refractivity contribution in [2.75, 3.05) is 60.9 Å². The Morgan fingerprint density at radius 2 is 1.64 bits per heavy atom. The van der Waals surface area contributed by atoms with Crippen molar-refractivity contribution in [2.45, 2.75) is 12.6 Å². The number of carbonyl (C=O) groups is 2. The molecule has 0 spiro atoms. The molecule has 4 rings (SSSR count). The SMILES string of the molecule is COc1cc(C(=O)NC(CO)C(=O)N2CCN(Cc3ccc4c(c3)OCO4)CC2)cc(OC)c1OC. The molecule has 0 radical (unpaired) electrons. The Balaban J connectivity index is 1.34. The van der Waals surface area contributed by atoms with Gasteiger partial charge in [-0.25, -0.2) is 0 Å². The number of fused-ring (bicyclic) bond motifs is 1. The van der Waals surface area contributed by atoms with Crippen LogP contribution in [0.15, 0.2) is 30.3 Å². The van der Waals surface area contributed by atoms with Gasteiger partial charge >= 0.3 is 0 Å². The molecule has 11 heteroatoms. The number of nitrogens with one attached hydrogen (secondary N) is 1. The molecule has 194 valence electrons. The number of methoxy groups -OCH3 is 3. The van der Waals surface area contributed by atoms with Crippen LogP contribution >= 0.6 is 0 Å². The second-order valence-electron chi connectivity index (χ2n) is 8.41. The summed E-state index contributed by atoms with van der Waals surface area (Å²) in [6, 6.07) is 7.79. The Morgan fingerprint density at radius 1 is 0.972 bits per heavy atom. The van der Waals surface area contributed by atoms with E-state index in [4.69, 9.17) is 23.7 Å². The smallest absolute Gasteiger partial charge is 0.252 e. The number of benzene rings is 2. The number of hydrogen-bond donors (Lipinski definition) is 2. The number of nitrogens with zero attached hydrogens (tertiary/aromatic N) is 2.